The number of rotatable bonds is 7. The van der Waals surface area contributed by atoms with Gasteiger partial charge < -0.3 is 15.4 Å². The summed E-state index contributed by atoms with van der Waals surface area (Å²) in [5.74, 6) is -0.659. The number of aromatic nitrogens is 1. The number of pyridine rings is 1. The minimum absolute atomic E-state index is 0.00213. The third kappa shape index (κ3) is 7.06. The molecule has 0 saturated heterocycles. The summed E-state index contributed by atoms with van der Waals surface area (Å²) in [6.07, 6.45) is -0.854. The number of ether oxygens (including phenoxy) is 1. The van der Waals surface area contributed by atoms with Gasteiger partial charge in [0.1, 0.15) is 27.9 Å². The first-order valence-corrected chi connectivity index (χ1v) is 13.0. The molecule has 2 saturated carbocycles. The van der Waals surface area contributed by atoms with Gasteiger partial charge in [0.05, 0.1) is 0 Å². The molecule has 0 unspecified atom stereocenters. The number of amides is 2. The first kappa shape index (κ1) is 27.2. The first-order chi connectivity index (χ1) is 16.1. The average Bonchev–Trinajstić information content (AvgIpc) is 3.52. The summed E-state index contributed by atoms with van der Waals surface area (Å²) in [6.45, 7) is 5.11. The van der Waals surface area contributed by atoms with E-state index < -0.39 is 50.3 Å². The molecule has 1 aromatic heterocycles. The van der Waals surface area contributed by atoms with Crippen LogP contribution in [0.25, 0.3) is 0 Å². The maximum absolute atomic E-state index is 13.1. The number of alkyl halides is 3. The van der Waals surface area contributed by atoms with Crippen LogP contribution >= 0.6 is 0 Å². The first-order valence-electron chi connectivity index (χ1n) is 11.5. The van der Waals surface area contributed by atoms with E-state index in [0.717, 1.165) is 44.4 Å². The van der Waals surface area contributed by atoms with E-state index in [-0.39, 0.29) is 24.6 Å². The molecule has 3 rings (SSSR count). The van der Waals surface area contributed by atoms with Gasteiger partial charge in [-0.2, -0.15) is 17.9 Å². The fraction of sp³-hybridized carbons (Fsp3) is 0.682. The minimum atomic E-state index is -4.70. The van der Waals surface area contributed by atoms with Crippen molar-refractivity contribution in [3.63, 3.8) is 0 Å². The molecule has 35 heavy (non-hydrogen) atoms. The summed E-state index contributed by atoms with van der Waals surface area (Å²) in [5.41, 5.74) is -3.20. The Morgan fingerprint density at radius 1 is 1.11 bits per heavy atom. The van der Waals surface area contributed by atoms with E-state index in [2.05, 4.69) is 15.6 Å². The molecule has 0 radical (unpaired) electrons. The van der Waals surface area contributed by atoms with E-state index in [0.29, 0.717) is 0 Å². The van der Waals surface area contributed by atoms with Crippen LogP contribution in [0, 0.1) is 5.92 Å². The molecule has 2 aliphatic carbocycles. The van der Waals surface area contributed by atoms with Crippen LogP contribution in [0.15, 0.2) is 23.2 Å². The van der Waals surface area contributed by atoms with Crippen LogP contribution < -0.4 is 15.4 Å². The van der Waals surface area contributed by atoms with Gasteiger partial charge in [0, 0.05) is 6.20 Å². The van der Waals surface area contributed by atoms with Gasteiger partial charge in [-0.15, -0.1) is 0 Å². The number of hydrogen-bond donors (Lipinski definition) is 3. The third-order valence-corrected chi connectivity index (χ3v) is 7.52. The van der Waals surface area contributed by atoms with Gasteiger partial charge in [-0.25, -0.2) is 18.2 Å². The van der Waals surface area contributed by atoms with Gasteiger partial charge in [-0.3, -0.25) is 4.79 Å². The summed E-state index contributed by atoms with van der Waals surface area (Å²) in [7, 11) is -4.47. The second-order valence-corrected chi connectivity index (χ2v) is 11.8. The van der Waals surface area contributed by atoms with E-state index in [1.165, 1.54) is 6.07 Å². The molecule has 1 atom stereocenters. The quantitative estimate of drug-likeness (QED) is 0.501. The highest BCUT2D eigenvalue weighted by Gasteiger charge is 2.65. The Hall–Kier alpha value is -2.41. The fourth-order valence-corrected chi connectivity index (χ4v) is 5.39. The molecule has 2 aliphatic rings. The van der Waals surface area contributed by atoms with Crippen molar-refractivity contribution in [2.75, 3.05) is 5.32 Å². The van der Waals surface area contributed by atoms with Gasteiger partial charge in [0.15, 0.2) is 0 Å². The molecule has 0 aliphatic heterocycles. The zero-order valence-corrected chi connectivity index (χ0v) is 20.7. The molecule has 196 valence electrons. The fourth-order valence-electron chi connectivity index (χ4n) is 4.00. The highest BCUT2D eigenvalue weighted by molar-refractivity contribution is 7.89. The lowest BCUT2D eigenvalue weighted by Gasteiger charge is -2.30. The van der Waals surface area contributed by atoms with Crippen LogP contribution in [-0.4, -0.2) is 48.8 Å². The largest absolute Gasteiger partial charge is 0.444 e. The van der Waals surface area contributed by atoms with Gasteiger partial charge in [-0.1, -0.05) is 19.3 Å². The molecule has 0 spiro atoms. The number of halogens is 3. The normalized spacial score (nSPS) is 19.5. The molecule has 1 heterocycles. The van der Waals surface area contributed by atoms with E-state index in [4.69, 9.17) is 4.74 Å². The molecular formula is C22H31F3N4O5S. The Balaban J connectivity index is 1.70. The Morgan fingerprint density at radius 3 is 2.23 bits per heavy atom. The molecule has 2 amide bonds. The van der Waals surface area contributed by atoms with Crippen molar-refractivity contribution in [1.29, 1.82) is 0 Å². The van der Waals surface area contributed by atoms with Crippen molar-refractivity contribution >= 4 is 27.8 Å². The van der Waals surface area contributed by atoms with Crippen LogP contribution in [0.4, 0.5) is 23.8 Å². The number of anilines is 1. The maximum Gasteiger partial charge on any atom is 0.408 e. The molecule has 1 aromatic rings. The number of carbonyl (C=O) groups is 2. The van der Waals surface area contributed by atoms with E-state index in [9.17, 15) is 31.2 Å². The smallest absolute Gasteiger partial charge is 0.408 e. The monoisotopic (exact) mass is 520 g/mol. The highest BCUT2D eigenvalue weighted by Crippen LogP contribution is 2.49. The van der Waals surface area contributed by atoms with Crippen LogP contribution in [-0.2, 0) is 19.6 Å². The number of nitrogens with zero attached hydrogens (tertiary/aromatic N) is 1. The summed E-state index contributed by atoms with van der Waals surface area (Å²) < 4.78 is 71.2. The second-order valence-electron chi connectivity index (χ2n) is 10.1. The third-order valence-electron chi connectivity index (χ3n) is 6.00. The Kier molecular flexibility index (Phi) is 7.70. The van der Waals surface area contributed by atoms with Crippen LogP contribution in [0.2, 0.25) is 0 Å². The lowest BCUT2D eigenvalue weighted by Crippen LogP contribution is -2.50. The number of carbonyl (C=O) groups excluding carboxylic acids is 2. The molecule has 13 heteroatoms. The lowest BCUT2D eigenvalue weighted by atomic mass is 9.83. The standard InChI is InChI=1S/C22H31F3N4O5S/c1-20(2,3)34-19(31)28-17(14-7-5-4-6-8-14)18(30)27-16-10-9-15(13-26-16)35(32,33)29-21(11-12-21)22(23,24)25/h9-10,13-14,17,29H,4-8,11-12H2,1-3H3,(H,28,31)(H,26,27,30)/t17-/m0/s1. The van der Waals surface area contributed by atoms with Crippen molar-refractivity contribution < 1.29 is 35.9 Å². The SMILES string of the molecule is CC(C)(C)OC(=O)N[C@H](C(=O)Nc1ccc(S(=O)(=O)NC2(C(F)(F)F)CC2)cn1)C1CCCCC1. The van der Waals surface area contributed by atoms with Crippen molar-refractivity contribution in [2.45, 2.75) is 94.0 Å². The van der Waals surface area contributed by atoms with Crippen LogP contribution in [0.5, 0.6) is 0 Å². The maximum atomic E-state index is 13.1. The summed E-state index contributed by atoms with van der Waals surface area (Å²) >= 11 is 0. The summed E-state index contributed by atoms with van der Waals surface area (Å²) in [6, 6.07) is 1.36. The molecule has 9 nitrogen and oxygen atoms in total. The molecule has 0 aromatic carbocycles. The second kappa shape index (κ2) is 9.92. The topological polar surface area (TPSA) is 126 Å². The molecular weight excluding hydrogens is 489 g/mol. The predicted octanol–water partition coefficient (Wildman–Crippen LogP) is 3.87. The van der Waals surface area contributed by atoms with Crippen molar-refractivity contribution in [3.8, 4) is 0 Å². The highest BCUT2D eigenvalue weighted by atomic mass is 32.2. The van der Waals surface area contributed by atoms with Gasteiger partial charge in [-0.05, 0) is 64.5 Å². The van der Waals surface area contributed by atoms with Crippen molar-refractivity contribution in [2.24, 2.45) is 5.92 Å². The Bertz CT molecular complexity index is 1030. The van der Waals surface area contributed by atoms with Gasteiger partial charge >= 0.3 is 12.3 Å². The summed E-state index contributed by atoms with van der Waals surface area (Å²) in [5, 5.41) is 5.19. The number of hydrogen-bond acceptors (Lipinski definition) is 6. The zero-order chi connectivity index (χ0) is 26.1. The molecule has 3 N–H and O–H groups in total. The van der Waals surface area contributed by atoms with E-state index in [1.807, 2.05) is 0 Å². The lowest BCUT2D eigenvalue weighted by molar-refractivity contribution is -0.160. The van der Waals surface area contributed by atoms with E-state index in [1.54, 1.807) is 25.5 Å². The number of sulfonamides is 1. The summed E-state index contributed by atoms with van der Waals surface area (Å²) in [4.78, 5) is 28.8. The van der Waals surface area contributed by atoms with Gasteiger partial charge in [0.2, 0.25) is 15.9 Å². The molecule has 2 fully saturated rings. The Morgan fingerprint density at radius 2 is 1.74 bits per heavy atom. The van der Waals surface area contributed by atoms with Gasteiger partial charge in [0.25, 0.3) is 0 Å². The number of alkyl carbamates (subject to hydrolysis) is 1. The molecule has 0 bridgehead atoms. The van der Waals surface area contributed by atoms with Crippen molar-refractivity contribution in [3.05, 3.63) is 18.3 Å². The van der Waals surface area contributed by atoms with E-state index >= 15 is 0 Å². The minimum Gasteiger partial charge on any atom is -0.444 e. The zero-order valence-electron chi connectivity index (χ0n) is 19.9. The average molecular weight is 521 g/mol. The number of nitrogens with one attached hydrogen (secondary N) is 3. The van der Waals surface area contributed by atoms with Crippen LogP contribution in [0.1, 0.15) is 65.7 Å². The van der Waals surface area contributed by atoms with Crippen molar-refractivity contribution in [1.82, 2.24) is 15.0 Å². The van der Waals surface area contributed by atoms with Crippen LogP contribution in [0.3, 0.4) is 0 Å². The predicted molar refractivity (Wildman–Crippen MR) is 121 cm³/mol. The Labute approximate surface area is 202 Å².